The number of carbonyl (C=O) groups is 1. The lowest BCUT2D eigenvalue weighted by Gasteiger charge is -2.25. The molecule has 0 saturated heterocycles. The van der Waals surface area contributed by atoms with E-state index in [-0.39, 0.29) is 0 Å². The second-order valence-electron chi connectivity index (χ2n) is 3.71. The van der Waals surface area contributed by atoms with Crippen molar-refractivity contribution in [2.24, 2.45) is 11.8 Å². The molecule has 0 aromatic rings. The summed E-state index contributed by atoms with van der Waals surface area (Å²) >= 11 is 1.89. The molecule has 0 aliphatic heterocycles. The minimum absolute atomic E-state index is 0.461. The van der Waals surface area contributed by atoms with E-state index in [2.05, 4.69) is 6.26 Å². The molecular formula is C9H14OS. The summed E-state index contributed by atoms with van der Waals surface area (Å²) in [6.45, 7) is 0. The highest BCUT2D eigenvalue weighted by Gasteiger charge is 2.40. The zero-order valence-electron chi connectivity index (χ0n) is 6.88. The lowest BCUT2D eigenvalue weighted by atomic mass is 9.88. The molecule has 2 aliphatic rings. The van der Waals surface area contributed by atoms with E-state index in [1.807, 2.05) is 11.8 Å². The highest BCUT2D eigenvalue weighted by molar-refractivity contribution is 7.99. The number of ketones is 1. The quantitative estimate of drug-likeness (QED) is 0.599. The average molecular weight is 170 g/mol. The van der Waals surface area contributed by atoms with Gasteiger partial charge in [-0.2, -0.15) is 11.8 Å². The Labute approximate surface area is 71.9 Å². The van der Waals surface area contributed by atoms with Gasteiger partial charge in [0, 0.05) is 17.6 Å². The van der Waals surface area contributed by atoms with Gasteiger partial charge < -0.3 is 0 Å². The second kappa shape index (κ2) is 2.81. The SMILES string of the molecule is CSC1CC(=O)[C@H]2CC[C@H]1C2. The van der Waals surface area contributed by atoms with Crippen molar-refractivity contribution in [3.8, 4) is 0 Å². The summed E-state index contributed by atoms with van der Waals surface area (Å²) in [7, 11) is 0. The predicted octanol–water partition coefficient (Wildman–Crippen LogP) is 2.11. The maximum atomic E-state index is 11.4. The van der Waals surface area contributed by atoms with Crippen molar-refractivity contribution in [3.63, 3.8) is 0 Å². The summed E-state index contributed by atoms with van der Waals surface area (Å²) in [5.41, 5.74) is 0. The van der Waals surface area contributed by atoms with E-state index in [1.54, 1.807) is 0 Å². The molecule has 3 atom stereocenters. The van der Waals surface area contributed by atoms with E-state index in [4.69, 9.17) is 0 Å². The number of hydrogen-bond acceptors (Lipinski definition) is 2. The molecule has 2 rings (SSSR count). The van der Waals surface area contributed by atoms with Gasteiger partial charge in [0.15, 0.2) is 0 Å². The Bertz CT molecular complexity index is 178. The van der Waals surface area contributed by atoms with E-state index >= 15 is 0 Å². The molecule has 0 spiro atoms. The van der Waals surface area contributed by atoms with Gasteiger partial charge in [-0.3, -0.25) is 4.79 Å². The lowest BCUT2D eigenvalue weighted by Crippen LogP contribution is -2.27. The Kier molecular flexibility index (Phi) is 1.96. The van der Waals surface area contributed by atoms with E-state index in [0.29, 0.717) is 17.0 Å². The predicted molar refractivity (Wildman–Crippen MR) is 47.8 cm³/mol. The molecule has 0 aromatic carbocycles. The van der Waals surface area contributed by atoms with Gasteiger partial charge >= 0.3 is 0 Å². The fourth-order valence-electron chi connectivity index (χ4n) is 2.45. The topological polar surface area (TPSA) is 17.1 Å². The van der Waals surface area contributed by atoms with E-state index < -0.39 is 0 Å². The standard InChI is InChI=1S/C9H14OS/c1-11-9-5-8(10)6-2-3-7(9)4-6/h6-7,9H,2-5H2,1H3/t6-,7-,9?/m0/s1. The third-order valence-electron chi connectivity index (χ3n) is 3.16. The molecule has 11 heavy (non-hydrogen) atoms. The molecule has 1 nitrogen and oxygen atoms in total. The molecule has 2 heteroatoms. The molecule has 2 fully saturated rings. The van der Waals surface area contributed by atoms with Gasteiger partial charge in [-0.25, -0.2) is 0 Å². The van der Waals surface area contributed by atoms with Crippen LogP contribution in [0.3, 0.4) is 0 Å². The van der Waals surface area contributed by atoms with Crippen LogP contribution in [0.2, 0.25) is 0 Å². The summed E-state index contributed by atoms with van der Waals surface area (Å²) in [4.78, 5) is 11.4. The van der Waals surface area contributed by atoms with Crippen molar-refractivity contribution in [1.82, 2.24) is 0 Å². The highest BCUT2D eigenvalue weighted by atomic mass is 32.2. The van der Waals surface area contributed by atoms with Gasteiger partial charge in [-0.05, 0) is 31.4 Å². The van der Waals surface area contributed by atoms with Crippen LogP contribution in [0.25, 0.3) is 0 Å². The molecule has 0 radical (unpaired) electrons. The van der Waals surface area contributed by atoms with Crippen molar-refractivity contribution < 1.29 is 4.79 Å². The van der Waals surface area contributed by atoms with Crippen LogP contribution in [-0.2, 0) is 4.79 Å². The third kappa shape index (κ3) is 1.22. The van der Waals surface area contributed by atoms with Crippen LogP contribution in [0.15, 0.2) is 0 Å². The summed E-state index contributed by atoms with van der Waals surface area (Å²) in [5, 5.41) is 0.654. The van der Waals surface area contributed by atoms with Crippen LogP contribution < -0.4 is 0 Å². The summed E-state index contributed by atoms with van der Waals surface area (Å²) in [5.74, 6) is 1.87. The molecule has 2 aliphatic carbocycles. The monoisotopic (exact) mass is 170 g/mol. The Morgan fingerprint density at radius 2 is 2.27 bits per heavy atom. The van der Waals surface area contributed by atoms with E-state index in [0.717, 1.165) is 12.3 Å². The largest absolute Gasteiger partial charge is 0.299 e. The van der Waals surface area contributed by atoms with Crippen molar-refractivity contribution in [2.45, 2.75) is 30.9 Å². The second-order valence-corrected chi connectivity index (χ2v) is 4.79. The molecular weight excluding hydrogens is 156 g/mol. The minimum atomic E-state index is 0.461. The molecule has 0 amide bonds. The Morgan fingerprint density at radius 1 is 1.45 bits per heavy atom. The fraction of sp³-hybridized carbons (Fsp3) is 0.889. The molecule has 0 N–H and O–H groups in total. The minimum Gasteiger partial charge on any atom is -0.299 e. The maximum absolute atomic E-state index is 11.4. The number of carbonyl (C=O) groups excluding carboxylic acids is 1. The number of hydrogen-bond donors (Lipinski definition) is 0. The zero-order chi connectivity index (χ0) is 7.84. The molecule has 62 valence electrons. The van der Waals surface area contributed by atoms with Crippen LogP contribution in [0.4, 0.5) is 0 Å². The Hall–Kier alpha value is 0.0200. The average Bonchev–Trinajstić information content (AvgIpc) is 2.43. The van der Waals surface area contributed by atoms with Crippen LogP contribution in [0.5, 0.6) is 0 Å². The van der Waals surface area contributed by atoms with Crippen LogP contribution in [-0.4, -0.2) is 17.3 Å². The van der Waals surface area contributed by atoms with Crippen molar-refractivity contribution in [2.75, 3.05) is 6.26 Å². The van der Waals surface area contributed by atoms with Crippen molar-refractivity contribution in [1.29, 1.82) is 0 Å². The first-order chi connectivity index (χ1) is 5.31. The number of fused-ring (bicyclic) bond motifs is 2. The van der Waals surface area contributed by atoms with Gasteiger partial charge in [0.2, 0.25) is 0 Å². The molecule has 1 unspecified atom stereocenters. The lowest BCUT2D eigenvalue weighted by molar-refractivity contribution is -0.123. The summed E-state index contributed by atoms with van der Waals surface area (Å²) in [6, 6.07) is 0. The molecule has 0 aromatic heterocycles. The van der Waals surface area contributed by atoms with Gasteiger partial charge in [-0.1, -0.05) is 0 Å². The Balaban J connectivity index is 2.11. The molecule has 2 saturated carbocycles. The molecule has 0 heterocycles. The Morgan fingerprint density at radius 3 is 3.00 bits per heavy atom. The first kappa shape index (κ1) is 7.66. The summed E-state index contributed by atoms with van der Waals surface area (Å²) in [6.07, 6.45) is 6.68. The van der Waals surface area contributed by atoms with Crippen molar-refractivity contribution in [3.05, 3.63) is 0 Å². The maximum Gasteiger partial charge on any atom is 0.137 e. The number of rotatable bonds is 1. The molecule has 2 bridgehead atoms. The van der Waals surface area contributed by atoms with Crippen LogP contribution in [0, 0.1) is 11.8 Å². The summed E-state index contributed by atoms with van der Waals surface area (Å²) < 4.78 is 0. The van der Waals surface area contributed by atoms with Crippen LogP contribution in [0.1, 0.15) is 25.7 Å². The van der Waals surface area contributed by atoms with E-state index in [1.165, 1.54) is 19.3 Å². The third-order valence-corrected chi connectivity index (χ3v) is 4.32. The number of Topliss-reactive ketones (excluding diaryl/α,β-unsaturated/α-hetero) is 1. The van der Waals surface area contributed by atoms with Gasteiger partial charge in [-0.15, -0.1) is 0 Å². The van der Waals surface area contributed by atoms with Crippen molar-refractivity contribution >= 4 is 17.5 Å². The van der Waals surface area contributed by atoms with Crippen LogP contribution >= 0.6 is 11.8 Å². The fourth-order valence-corrected chi connectivity index (χ4v) is 3.42. The zero-order valence-corrected chi connectivity index (χ0v) is 7.69. The van der Waals surface area contributed by atoms with Gasteiger partial charge in [0.1, 0.15) is 5.78 Å². The van der Waals surface area contributed by atoms with Gasteiger partial charge in [0.25, 0.3) is 0 Å². The van der Waals surface area contributed by atoms with Gasteiger partial charge in [0.05, 0.1) is 0 Å². The number of thioether (sulfide) groups is 1. The smallest absolute Gasteiger partial charge is 0.137 e. The highest BCUT2D eigenvalue weighted by Crippen LogP contribution is 2.43. The normalized spacial score (nSPS) is 43.0. The van der Waals surface area contributed by atoms with E-state index in [9.17, 15) is 4.79 Å². The first-order valence-corrected chi connectivity index (χ1v) is 5.65. The first-order valence-electron chi connectivity index (χ1n) is 4.36.